The SMILES string of the molecule is CCN(c1ccc(C(=O)NCc2ncc(C)c(OC)c2C)cc1)C(C)C. The van der Waals surface area contributed by atoms with Crippen LogP contribution in [0.15, 0.2) is 30.5 Å². The number of benzene rings is 1. The van der Waals surface area contributed by atoms with Gasteiger partial charge in [0.25, 0.3) is 5.91 Å². The highest BCUT2D eigenvalue weighted by Gasteiger charge is 2.13. The predicted octanol–water partition coefficient (Wildman–Crippen LogP) is 3.87. The number of rotatable bonds is 7. The largest absolute Gasteiger partial charge is 0.496 e. The van der Waals surface area contributed by atoms with Crippen LogP contribution in [0.4, 0.5) is 5.69 Å². The summed E-state index contributed by atoms with van der Waals surface area (Å²) >= 11 is 0. The van der Waals surface area contributed by atoms with Crippen molar-refractivity contribution in [2.75, 3.05) is 18.6 Å². The Kier molecular flexibility index (Phi) is 6.61. The van der Waals surface area contributed by atoms with E-state index in [1.165, 1.54) is 0 Å². The van der Waals surface area contributed by atoms with Gasteiger partial charge in [0.15, 0.2) is 0 Å². The zero-order valence-corrected chi connectivity index (χ0v) is 16.6. The van der Waals surface area contributed by atoms with Crippen molar-refractivity contribution in [1.29, 1.82) is 0 Å². The molecule has 2 aromatic rings. The summed E-state index contributed by atoms with van der Waals surface area (Å²) in [7, 11) is 1.65. The molecule has 0 aliphatic rings. The second kappa shape index (κ2) is 8.70. The van der Waals surface area contributed by atoms with Gasteiger partial charge in [-0.3, -0.25) is 9.78 Å². The average molecular weight is 355 g/mol. The van der Waals surface area contributed by atoms with Gasteiger partial charge in [-0.05, 0) is 58.9 Å². The van der Waals surface area contributed by atoms with E-state index in [4.69, 9.17) is 4.74 Å². The van der Waals surface area contributed by atoms with E-state index >= 15 is 0 Å². The van der Waals surface area contributed by atoms with Crippen molar-refractivity contribution in [3.63, 3.8) is 0 Å². The summed E-state index contributed by atoms with van der Waals surface area (Å²) in [6.07, 6.45) is 1.77. The van der Waals surface area contributed by atoms with Crippen molar-refractivity contribution in [2.24, 2.45) is 0 Å². The quantitative estimate of drug-likeness (QED) is 0.819. The van der Waals surface area contributed by atoms with Crippen LogP contribution in [0.2, 0.25) is 0 Å². The number of amides is 1. The van der Waals surface area contributed by atoms with Gasteiger partial charge in [-0.2, -0.15) is 0 Å². The molecule has 1 heterocycles. The molecule has 0 spiro atoms. The van der Waals surface area contributed by atoms with Crippen molar-refractivity contribution in [3.05, 3.63) is 52.8 Å². The number of anilines is 1. The van der Waals surface area contributed by atoms with E-state index in [1.807, 2.05) is 38.1 Å². The van der Waals surface area contributed by atoms with Crippen LogP contribution in [-0.2, 0) is 6.54 Å². The number of methoxy groups -OCH3 is 1. The minimum absolute atomic E-state index is 0.107. The van der Waals surface area contributed by atoms with Crippen LogP contribution in [0, 0.1) is 13.8 Å². The molecular weight excluding hydrogens is 326 g/mol. The summed E-state index contributed by atoms with van der Waals surface area (Å²) in [6.45, 7) is 11.7. The summed E-state index contributed by atoms with van der Waals surface area (Å²) in [5.74, 6) is 0.715. The van der Waals surface area contributed by atoms with E-state index in [0.29, 0.717) is 18.2 Å². The maximum atomic E-state index is 12.5. The van der Waals surface area contributed by atoms with E-state index in [-0.39, 0.29) is 5.91 Å². The van der Waals surface area contributed by atoms with Gasteiger partial charge in [0.1, 0.15) is 5.75 Å². The fourth-order valence-electron chi connectivity index (χ4n) is 3.17. The van der Waals surface area contributed by atoms with Crippen molar-refractivity contribution in [2.45, 2.75) is 47.2 Å². The Balaban J connectivity index is 2.07. The molecule has 0 unspecified atom stereocenters. The molecule has 1 aromatic carbocycles. The Hall–Kier alpha value is -2.56. The van der Waals surface area contributed by atoms with Crippen LogP contribution < -0.4 is 15.0 Å². The van der Waals surface area contributed by atoms with Gasteiger partial charge < -0.3 is 15.0 Å². The second-order valence-corrected chi connectivity index (χ2v) is 6.66. The van der Waals surface area contributed by atoms with Gasteiger partial charge >= 0.3 is 0 Å². The first-order chi connectivity index (χ1) is 12.4. The van der Waals surface area contributed by atoms with Gasteiger partial charge in [0, 0.05) is 41.2 Å². The van der Waals surface area contributed by atoms with E-state index < -0.39 is 0 Å². The number of aromatic nitrogens is 1. The fraction of sp³-hybridized carbons (Fsp3) is 0.429. The molecule has 5 nitrogen and oxygen atoms in total. The lowest BCUT2D eigenvalue weighted by molar-refractivity contribution is 0.0950. The monoisotopic (exact) mass is 355 g/mol. The Morgan fingerprint density at radius 2 is 1.88 bits per heavy atom. The van der Waals surface area contributed by atoms with Gasteiger partial charge in [0.2, 0.25) is 0 Å². The lowest BCUT2D eigenvalue weighted by Crippen LogP contribution is -2.30. The third kappa shape index (κ3) is 4.34. The van der Waals surface area contributed by atoms with Crippen LogP contribution in [0.5, 0.6) is 5.75 Å². The smallest absolute Gasteiger partial charge is 0.251 e. The number of ether oxygens (including phenoxy) is 1. The molecule has 2 rings (SSSR count). The molecule has 1 amide bonds. The number of pyridine rings is 1. The third-order valence-electron chi connectivity index (χ3n) is 4.59. The van der Waals surface area contributed by atoms with E-state index in [1.54, 1.807) is 13.3 Å². The molecule has 0 saturated heterocycles. The normalized spacial score (nSPS) is 10.7. The lowest BCUT2D eigenvalue weighted by Gasteiger charge is -2.27. The minimum atomic E-state index is -0.107. The van der Waals surface area contributed by atoms with Gasteiger partial charge in [-0.1, -0.05) is 0 Å². The summed E-state index contributed by atoms with van der Waals surface area (Å²) in [4.78, 5) is 19.2. The first-order valence-corrected chi connectivity index (χ1v) is 9.03. The first-order valence-electron chi connectivity index (χ1n) is 9.03. The summed E-state index contributed by atoms with van der Waals surface area (Å²) < 4.78 is 5.42. The predicted molar refractivity (Wildman–Crippen MR) is 106 cm³/mol. The molecule has 0 atom stereocenters. The lowest BCUT2D eigenvalue weighted by atomic mass is 10.1. The number of aryl methyl sites for hydroxylation is 1. The summed E-state index contributed by atoms with van der Waals surface area (Å²) in [6, 6.07) is 8.15. The number of nitrogens with zero attached hydrogens (tertiary/aromatic N) is 2. The van der Waals surface area contributed by atoms with Crippen molar-refractivity contribution >= 4 is 11.6 Å². The molecule has 0 saturated carbocycles. The molecule has 140 valence electrons. The molecule has 0 aliphatic carbocycles. The maximum absolute atomic E-state index is 12.5. The van der Waals surface area contributed by atoms with E-state index in [9.17, 15) is 4.79 Å². The van der Waals surface area contributed by atoms with Crippen molar-refractivity contribution < 1.29 is 9.53 Å². The average Bonchev–Trinajstić information content (AvgIpc) is 2.62. The number of nitrogens with one attached hydrogen (secondary N) is 1. The molecule has 0 bridgehead atoms. The van der Waals surface area contributed by atoms with Crippen LogP contribution in [0.1, 0.15) is 48.0 Å². The highest BCUT2D eigenvalue weighted by Crippen LogP contribution is 2.24. The molecule has 0 radical (unpaired) electrons. The molecule has 1 N–H and O–H groups in total. The fourth-order valence-corrected chi connectivity index (χ4v) is 3.17. The van der Waals surface area contributed by atoms with Gasteiger partial charge in [0.05, 0.1) is 19.3 Å². The molecular formula is C21H29N3O2. The van der Waals surface area contributed by atoms with Crippen LogP contribution in [0.3, 0.4) is 0 Å². The number of hydrogen-bond acceptors (Lipinski definition) is 4. The molecule has 26 heavy (non-hydrogen) atoms. The van der Waals surface area contributed by atoms with Gasteiger partial charge in [-0.25, -0.2) is 0 Å². The van der Waals surface area contributed by atoms with Crippen molar-refractivity contribution in [3.8, 4) is 5.75 Å². The highest BCUT2D eigenvalue weighted by molar-refractivity contribution is 5.94. The Morgan fingerprint density at radius 1 is 1.23 bits per heavy atom. The van der Waals surface area contributed by atoms with Gasteiger partial charge in [-0.15, -0.1) is 0 Å². The van der Waals surface area contributed by atoms with Crippen LogP contribution in [-0.4, -0.2) is 30.6 Å². The van der Waals surface area contributed by atoms with E-state index in [2.05, 4.69) is 36.0 Å². The maximum Gasteiger partial charge on any atom is 0.251 e. The number of carbonyl (C=O) groups excluding carboxylic acids is 1. The van der Waals surface area contributed by atoms with Crippen LogP contribution in [0.25, 0.3) is 0 Å². The minimum Gasteiger partial charge on any atom is -0.496 e. The third-order valence-corrected chi connectivity index (χ3v) is 4.59. The Bertz CT molecular complexity index is 755. The highest BCUT2D eigenvalue weighted by atomic mass is 16.5. The first kappa shape index (κ1) is 19.8. The van der Waals surface area contributed by atoms with Crippen molar-refractivity contribution in [1.82, 2.24) is 10.3 Å². The van der Waals surface area contributed by atoms with Crippen LogP contribution >= 0.6 is 0 Å². The zero-order chi connectivity index (χ0) is 19.3. The number of carbonyl (C=O) groups is 1. The number of hydrogen-bond donors (Lipinski definition) is 1. The molecule has 1 aromatic heterocycles. The Morgan fingerprint density at radius 3 is 2.42 bits per heavy atom. The molecule has 0 aliphatic heterocycles. The molecule has 5 heteroatoms. The summed E-state index contributed by atoms with van der Waals surface area (Å²) in [5.41, 5.74) is 4.53. The standard InChI is InChI=1S/C21H29N3O2/c1-7-24(14(2)3)18-10-8-17(9-11-18)21(25)23-13-19-16(5)20(26-6)15(4)12-22-19/h8-12,14H,7,13H2,1-6H3,(H,23,25). The molecule has 0 fully saturated rings. The Labute approximate surface area is 156 Å². The zero-order valence-electron chi connectivity index (χ0n) is 16.6. The van der Waals surface area contributed by atoms with E-state index in [0.717, 1.165) is 34.8 Å². The summed E-state index contributed by atoms with van der Waals surface area (Å²) in [5, 5.41) is 2.94. The second-order valence-electron chi connectivity index (χ2n) is 6.66. The topological polar surface area (TPSA) is 54.5 Å².